The standard InChI is InChI=1S/C17H28ClN3/c1-17(2,3)15-11-14(13-18)12-16(19-15)20(4)9-10-21-7-5-6-8-21/h11-12H,5-10,13H2,1-4H3. The summed E-state index contributed by atoms with van der Waals surface area (Å²) in [6.07, 6.45) is 2.69. The van der Waals surface area contributed by atoms with Crippen molar-refractivity contribution in [1.82, 2.24) is 9.88 Å². The maximum atomic E-state index is 6.05. The van der Waals surface area contributed by atoms with Gasteiger partial charge in [-0.1, -0.05) is 20.8 Å². The van der Waals surface area contributed by atoms with Gasteiger partial charge in [0, 0.05) is 37.1 Å². The second-order valence-electron chi connectivity index (χ2n) is 7.07. The molecule has 0 aromatic carbocycles. The van der Waals surface area contributed by atoms with Gasteiger partial charge in [0.2, 0.25) is 0 Å². The molecule has 0 spiro atoms. The first-order chi connectivity index (χ1) is 9.90. The first kappa shape index (κ1) is 16.6. The van der Waals surface area contributed by atoms with Crippen molar-refractivity contribution in [3.8, 4) is 0 Å². The number of nitrogens with zero attached hydrogens (tertiary/aromatic N) is 3. The van der Waals surface area contributed by atoms with Gasteiger partial charge in [-0.05, 0) is 43.6 Å². The quantitative estimate of drug-likeness (QED) is 0.774. The molecule has 0 saturated carbocycles. The highest BCUT2D eigenvalue weighted by molar-refractivity contribution is 6.17. The lowest BCUT2D eigenvalue weighted by molar-refractivity contribution is 0.346. The predicted octanol–water partition coefficient (Wildman–Crippen LogP) is 3.65. The summed E-state index contributed by atoms with van der Waals surface area (Å²) in [5.74, 6) is 1.58. The Bertz CT molecular complexity index is 462. The van der Waals surface area contributed by atoms with Crippen LogP contribution in [0.3, 0.4) is 0 Å². The zero-order chi connectivity index (χ0) is 15.5. The summed E-state index contributed by atoms with van der Waals surface area (Å²) in [6, 6.07) is 4.25. The molecule has 1 fully saturated rings. The van der Waals surface area contributed by atoms with Gasteiger partial charge in [0.15, 0.2) is 0 Å². The van der Waals surface area contributed by atoms with Crippen molar-refractivity contribution < 1.29 is 0 Å². The molecule has 0 N–H and O–H groups in total. The van der Waals surface area contributed by atoms with E-state index in [4.69, 9.17) is 16.6 Å². The van der Waals surface area contributed by atoms with Crippen molar-refractivity contribution in [1.29, 1.82) is 0 Å². The third-order valence-corrected chi connectivity index (χ3v) is 4.44. The second kappa shape index (κ2) is 6.97. The molecule has 0 bridgehead atoms. The lowest BCUT2D eigenvalue weighted by atomic mass is 9.91. The summed E-state index contributed by atoms with van der Waals surface area (Å²) in [7, 11) is 2.13. The average Bonchev–Trinajstić information content (AvgIpc) is 2.96. The van der Waals surface area contributed by atoms with E-state index in [-0.39, 0.29) is 5.41 Å². The zero-order valence-electron chi connectivity index (χ0n) is 13.8. The highest BCUT2D eigenvalue weighted by Gasteiger charge is 2.18. The third kappa shape index (κ3) is 4.58. The summed E-state index contributed by atoms with van der Waals surface area (Å²) in [5, 5.41) is 0. The van der Waals surface area contributed by atoms with Crippen LogP contribution in [0.5, 0.6) is 0 Å². The second-order valence-corrected chi connectivity index (χ2v) is 7.34. The summed E-state index contributed by atoms with van der Waals surface area (Å²) in [5.41, 5.74) is 2.32. The largest absolute Gasteiger partial charge is 0.358 e. The van der Waals surface area contributed by atoms with Crippen LogP contribution >= 0.6 is 11.6 Å². The molecular weight excluding hydrogens is 282 g/mol. The van der Waals surface area contributed by atoms with Gasteiger partial charge in [-0.15, -0.1) is 11.6 Å². The molecule has 1 aliphatic rings. The molecule has 0 aliphatic carbocycles. The summed E-state index contributed by atoms with van der Waals surface area (Å²) in [6.45, 7) is 11.2. The molecule has 0 unspecified atom stereocenters. The minimum Gasteiger partial charge on any atom is -0.358 e. The number of likely N-dealkylation sites (N-methyl/N-ethyl adjacent to an activating group) is 1. The topological polar surface area (TPSA) is 19.4 Å². The fourth-order valence-electron chi connectivity index (χ4n) is 2.64. The average molecular weight is 310 g/mol. The molecule has 2 heterocycles. The van der Waals surface area contributed by atoms with E-state index in [9.17, 15) is 0 Å². The molecule has 4 heteroatoms. The van der Waals surface area contributed by atoms with Crippen LogP contribution in [-0.4, -0.2) is 43.1 Å². The number of aromatic nitrogens is 1. The normalized spacial score (nSPS) is 16.4. The Balaban J connectivity index is 2.09. The van der Waals surface area contributed by atoms with Crippen LogP contribution in [-0.2, 0) is 11.3 Å². The van der Waals surface area contributed by atoms with E-state index in [0.717, 1.165) is 30.2 Å². The van der Waals surface area contributed by atoms with Gasteiger partial charge in [-0.3, -0.25) is 0 Å². The minimum absolute atomic E-state index is 0.0482. The maximum Gasteiger partial charge on any atom is 0.128 e. The van der Waals surface area contributed by atoms with Gasteiger partial charge in [-0.25, -0.2) is 4.98 Å². The van der Waals surface area contributed by atoms with Crippen molar-refractivity contribution in [3.63, 3.8) is 0 Å². The van der Waals surface area contributed by atoms with Crippen molar-refractivity contribution >= 4 is 17.4 Å². The van der Waals surface area contributed by atoms with Gasteiger partial charge >= 0.3 is 0 Å². The fraction of sp³-hybridized carbons (Fsp3) is 0.706. The monoisotopic (exact) mass is 309 g/mol. The summed E-state index contributed by atoms with van der Waals surface area (Å²) < 4.78 is 0. The molecular formula is C17H28ClN3. The predicted molar refractivity (Wildman–Crippen MR) is 91.4 cm³/mol. The number of anilines is 1. The van der Waals surface area contributed by atoms with E-state index in [1.54, 1.807) is 0 Å². The molecule has 1 aliphatic heterocycles. The van der Waals surface area contributed by atoms with Crippen LogP contribution < -0.4 is 4.90 Å². The van der Waals surface area contributed by atoms with Gasteiger partial charge in [0.25, 0.3) is 0 Å². The highest BCUT2D eigenvalue weighted by Crippen LogP contribution is 2.25. The van der Waals surface area contributed by atoms with Gasteiger partial charge < -0.3 is 9.80 Å². The third-order valence-electron chi connectivity index (χ3n) is 4.14. The smallest absolute Gasteiger partial charge is 0.128 e. The van der Waals surface area contributed by atoms with Gasteiger partial charge in [0.05, 0.1) is 0 Å². The Morgan fingerprint density at radius 2 is 1.90 bits per heavy atom. The number of rotatable bonds is 5. The Hall–Kier alpha value is -0.800. The van der Waals surface area contributed by atoms with E-state index in [0.29, 0.717) is 5.88 Å². The van der Waals surface area contributed by atoms with Crippen LogP contribution in [0, 0.1) is 0 Å². The van der Waals surface area contributed by atoms with E-state index < -0.39 is 0 Å². The zero-order valence-corrected chi connectivity index (χ0v) is 14.6. The number of hydrogen-bond acceptors (Lipinski definition) is 3. The molecule has 3 nitrogen and oxygen atoms in total. The van der Waals surface area contributed by atoms with E-state index in [2.05, 4.69) is 49.8 Å². The molecule has 21 heavy (non-hydrogen) atoms. The lowest BCUT2D eigenvalue weighted by Gasteiger charge is -2.25. The molecule has 1 saturated heterocycles. The van der Waals surface area contributed by atoms with Crippen molar-refractivity contribution in [2.45, 2.75) is 44.9 Å². The van der Waals surface area contributed by atoms with Crippen molar-refractivity contribution in [3.05, 3.63) is 23.4 Å². The van der Waals surface area contributed by atoms with Crippen LogP contribution in [0.4, 0.5) is 5.82 Å². The highest BCUT2D eigenvalue weighted by atomic mass is 35.5. The minimum atomic E-state index is 0.0482. The number of alkyl halides is 1. The van der Waals surface area contributed by atoms with E-state index in [1.165, 1.54) is 25.9 Å². The molecule has 0 radical (unpaired) electrons. The molecule has 118 valence electrons. The van der Waals surface area contributed by atoms with Gasteiger partial charge in [0.1, 0.15) is 5.82 Å². The Labute approximate surface area is 134 Å². The Morgan fingerprint density at radius 3 is 2.48 bits per heavy atom. The first-order valence-electron chi connectivity index (χ1n) is 7.91. The fourth-order valence-corrected chi connectivity index (χ4v) is 2.79. The first-order valence-corrected chi connectivity index (χ1v) is 8.44. The van der Waals surface area contributed by atoms with Crippen LogP contribution in [0.25, 0.3) is 0 Å². The van der Waals surface area contributed by atoms with E-state index in [1.807, 2.05) is 0 Å². The van der Waals surface area contributed by atoms with Crippen LogP contribution in [0.15, 0.2) is 12.1 Å². The van der Waals surface area contributed by atoms with Crippen molar-refractivity contribution in [2.24, 2.45) is 0 Å². The Kier molecular flexibility index (Phi) is 5.50. The molecule has 0 amide bonds. The molecule has 2 rings (SSSR count). The Morgan fingerprint density at radius 1 is 1.24 bits per heavy atom. The summed E-state index contributed by atoms with van der Waals surface area (Å²) >= 11 is 6.05. The van der Waals surface area contributed by atoms with Crippen LogP contribution in [0.2, 0.25) is 0 Å². The lowest BCUT2D eigenvalue weighted by Crippen LogP contribution is -2.32. The van der Waals surface area contributed by atoms with Crippen LogP contribution in [0.1, 0.15) is 44.9 Å². The SMILES string of the molecule is CN(CCN1CCCC1)c1cc(CCl)cc(C(C)(C)C)n1. The molecule has 0 atom stereocenters. The maximum absolute atomic E-state index is 6.05. The number of pyridine rings is 1. The summed E-state index contributed by atoms with van der Waals surface area (Å²) in [4.78, 5) is 9.63. The molecule has 1 aromatic heterocycles. The van der Waals surface area contributed by atoms with Gasteiger partial charge in [-0.2, -0.15) is 0 Å². The number of hydrogen-bond donors (Lipinski definition) is 0. The number of halogens is 1. The molecule has 1 aromatic rings. The number of likely N-dealkylation sites (tertiary alicyclic amines) is 1. The van der Waals surface area contributed by atoms with Crippen molar-refractivity contribution in [2.75, 3.05) is 38.1 Å². The van der Waals surface area contributed by atoms with E-state index >= 15 is 0 Å².